The van der Waals surface area contributed by atoms with E-state index in [-0.39, 0.29) is 0 Å². The van der Waals surface area contributed by atoms with E-state index in [4.69, 9.17) is 4.74 Å². The van der Waals surface area contributed by atoms with E-state index in [1.165, 1.54) is 31.3 Å². The Bertz CT molecular complexity index is 337. The van der Waals surface area contributed by atoms with Crippen molar-refractivity contribution in [2.45, 2.75) is 85.9 Å². The maximum absolute atomic E-state index is 6.44. The zero-order valence-electron chi connectivity index (χ0n) is 15.1. The van der Waals surface area contributed by atoms with Crippen molar-refractivity contribution in [2.24, 2.45) is 17.3 Å². The Kier molecular flexibility index (Phi) is 7.20. The molecule has 1 heteroatoms. The molecule has 0 amide bonds. The van der Waals surface area contributed by atoms with Gasteiger partial charge in [-0.15, -0.1) is 0 Å². The van der Waals surface area contributed by atoms with E-state index in [2.05, 4.69) is 53.3 Å². The normalized spacial score (nSPS) is 25.5. The summed E-state index contributed by atoms with van der Waals surface area (Å²) in [7, 11) is 0. The van der Waals surface area contributed by atoms with Crippen LogP contribution < -0.4 is 0 Å². The molecule has 0 saturated heterocycles. The van der Waals surface area contributed by atoms with Gasteiger partial charge in [0.05, 0.1) is 12.2 Å². The molecule has 1 unspecified atom stereocenters. The van der Waals surface area contributed by atoms with Gasteiger partial charge in [-0.05, 0) is 56.3 Å². The van der Waals surface area contributed by atoms with Crippen molar-refractivity contribution in [2.75, 3.05) is 0 Å². The monoisotopic (exact) mass is 292 g/mol. The first-order chi connectivity index (χ1) is 9.74. The van der Waals surface area contributed by atoms with Gasteiger partial charge in [-0.1, -0.05) is 58.9 Å². The number of allylic oxidation sites excluding steroid dienone is 2. The summed E-state index contributed by atoms with van der Waals surface area (Å²) in [6, 6.07) is 0. The van der Waals surface area contributed by atoms with Crippen molar-refractivity contribution in [1.29, 1.82) is 0 Å². The predicted molar refractivity (Wildman–Crippen MR) is 93.5 cm³/mol. The zero-order valence-corrected chi connectivity index (χ0v) is 15.1. The van der Waals surface area contributed by atoms with Crippen LogP contribution in [0.25, 0.3) is 0 Å². The van der Waals surface area contributed by atoms with E-state index in [9.17, 15) is 0 Å². The van der Waals surface area contributed by atoms with Crippen molar-refractivity contribution in [3.05, 3.63) is 24.3 Å². The molecule has 0 radical (unpaired) electrons. The zero-order chi connectivity index (χ0) is 16.0. The summed E-state index contributed by atoms with van der Waals surface area (Å²) < 4.78 is 6.44. The average Bonchev–Trinajstić information content (AvgIpc) is 2.37. The number of hydrogen-bond donors (Lipinski definition) is 0. The Balaban J connectivity index is 2.49. The summed E-state index contributed by atoms with van der Waals surface area (Å²) >= 11 is 0. The molecule has 0 spiro atoms. The molecule has 122 valence electrons. The first-order valence-electron chi connectivity index (χ1n) is 8.70. The molecule has 1 atom stereocenters. The van der Waals surface area contributed by atoms with Crippen molar-refractivity contribution in [3.63, 3.8) is 0 Å². The second-order valence-corrected chi connectivity index (χ2v) is 8.12. The summed E-state index contributed by atoms with van der Waals surface area (Å²) in [5, 5.41) is 0. The van der Waals surface area contributed by atoms with Crippen LogP contribution >= 0.6 is 0 Å². The highest BCUT2D eigenvalue weighted by Crippen LogP contribution is 2.39. The van der Waals surface area contributed by atoms with Gasteiger partial charge in [0.15, 0.2) is 0 Å². The lowest BCUT2D eigenvalue weighted by molar-refractivity contribution is -0.0617. The highest BCUT2D eigenvalue weighted by molar-refractivity contribution is 5.14. The average molecular weight is 293 g/mol. The van der Waals surface area contributed by atoms with Gasteiger partial charge in [-0.3, -0.25) is 0 Å². The molecule has 0 N–H and O–H groups in total. The Labute approximate surface area is 132 Å². The fraction of sp³-hybridized carbons (Fsp3) is 0.800. The molecule has 0 aromatic carbocycles. The molecule has 1 aliphatic carbocycles. The van der Waals surface area contributed by atoms with Gasteiger partial charge in [0.25, 0.3) is 0 Å². The second kappa shape index (κ2) is 8.17. The van der Waals surface area contributed by atoms with E-state index in [1.54, 1.807) is 0 Å². The third-order valence-electron chi connectivity index (χ3n) is 4.88. The summed E-state index contributed by atoms with van der Waals surface area (Å²) in [6.45, 7) is 17.8. The molecule has 0 aromatic heterocycles. The lowest BCUT2D eigenvalue weighted by Gasteiger charge is -2.38. The summed E-state index contributed by atoms with van der Waals surface area (Å²) in [4.78, 5) is 0. The predicted octanol–water partition coefficient (Wildman–Crippen LogP) is 6.15. The van der Waals surface area contributed by atoms with E-state index >= 15 is 0 Å². The molecule has 0 heterocycles. The van der Waals surface area contributed by atoms with Crippen LogP contribution in [-0.4, -0.2) is 12.2 Å². The third kappa shape index (κ3) is 6.38. The number of ether oxygens (including phenoxy) is 1. The van der Waals surface area contributed by atoms with Gasteiger partial charge >= 0.3 is 0 Å². The van der Waals surface area contributed by atoms with Gasteiger partial charge in [0.2, 0.25) is 0 Å². The highest BCUT2D eigenvalue weighted by atomic mass is 16.5. The minimum absolute atomic E-state index is 0.310. The first kappa shape index (κ1) is 18.5. The summed E-state index contributed by atoms with van der Waals surface area (Å²) in [6.07, 6.45) is 11.0. The molecule has 21 heavy (non-hydrogen) atoms. The molecule has 1 rings (SSSR count). The molecule has 1 saturated carbocycles. The van der Waals surface area contributed by atoms with Crippen molar-refractivity contribution >= 4 is 0 Å². The molecule has 1 nitrogen and oxygen atoms in total. The lowest BCUT2D eigenvalue weighted by atomic mass is 9.72. The lowest BCUT2D eigenvalue weighted by Crippen LogP contribution is -2.33. The Morgan fingerprint density at radius 1 is 1.19 bits per heavy atom. The largest absolute Gasteiger partial charge is 0.374 e. The van der Waals surface area contributed by atoms with Crippen molar-refractivity contribution in [3.8, 4) is 0 Å². The van der Waals surface area contributed by atoms with Crippen molar-refractivity contribution in [1.82, 2.24) is 0 Å². The Morgan fingerprint density at radius 2 is 1.76 bits per heavy atom. The van der Waals surface area contributed by atoms with Crippen LogP contribution in [0, 0.1) is 17.3 Å². The van der Waals surface area contributed by atoms with Gasteiger partial charge in [0, 0.05) is 0 Å². The van der Waals surface area contributed by atoms with E-state index < -0.39 is 0 Å². The number of rotatable bonds is 6. The van der Waals surface area contributed by atoms with Crippen LogP contribution in [0.3, 0.4) is 0 Å². The maximum Gasteiger partial charge on any atom is 0.0641 e. The Hall–Kier alpha value is -0.560. The van der Waals surface area contributed by atoms with Gasteiger partial charge in [-0.25, -0.2) is 0 Å². The fourth-order valence-corrected chi connectivity index (χ4v) is 3.32. The summed E-state index contributed by atoms with van der Waals surface area (Å²) in [5.74, 6) is 1.40. The quantitative estimate of drug-likeness (QED) is 0.533. The molecule has 1 fully saturated rings. The van der Waals surface area contributed by atoms with E-state index in [1.807, 2.05) is 6.92 Å². The second-order valence-electron chi connectivity index (χ2n) is 8.12. The standard InChI is InChI=1S/C20H36O/c1-8-9-16(4)14-19(15(2)3)21-18-12-10-17(11-13-18)20(5,6)7/h8-9,15,17-19H,4,10-14H2,1-3,5-7H3/b9-8-. The first-order valence-corrected chi connectivity index (χ1v) is 8.70. The fourth-order valence-electron chi connectivity index (χ4n) is 3.32. The molecular formula is C20H36O. The minimum atomic E-state index is 0.310. The van der Waals surface area contributed by atoms with Crippen LogP contribution in [0.15, 0.2) is 24.3 Å². The maximum atomic E-state index is 6.44. The topological polar surface area (TPSA) is 9.23 Å². The third-order valence-corrected chi connectivity index (χ3v) is 4.88. The molecule has 0 aliphatic heterocycles. The van der Waals surface area contributed by atoms with Crippen LogP contribution in [0.5, 0.6) is 0 Å². The Morgan fingerprint density at radius 3 is 2.19 bits per heavy atom. The van der Waals surface area contributed by atoms with Crippen LogP contribution in [-0.2, 0) is 4.74 Å². The number of hydrogen-bond acceptors (Lipinski definition) is 1. The van der Waals surface area contributed by atoms with Crippen LogP contribution in [0.1, 0.15) is 73.6 Å². The SMILES string of the molecule is C=C(/C=C\C)CC(OC1CCC(C(C)(C)C)CC1)C(C)C. The van der Waals surface area contributed by atoms with E-state index in [0.717, 1.165) is 12.3 Å². The van der Waals surface area contributed by atoms with Crippen LogP contribution in [0.2, 0.25) is 0 Å². The highest BCUT2D eigenvalue weighted by Gasteiger charge is 2.31. The van der Waals surface area contributed by atoms with Crippen LogP contribution in [0.4, 0.5) is 0 Å². The molecule has 1 aliphatic rings. The minimum Gasteiger partial charge on any atom is -0.374 e. The van der Waals surface area contributed by atoms with Crippen molar-refractivity contribution < 1.29 is 4.74 Å². The van der Waals surface area contributed by atoms with Gasteiger partial charge < -0.3 is 4.74 Å². The molecular weight excluding hydrogens is 256 g/mol. The molecule has 0 aromatic rings. The van der Waals surface area contributed by atoms with Gasteiger partial charge in [-0.2, -0.15) is 0 Å². The molecule has 0 bridgehead atoms. The summed E-state index contributed by atoms with van der Waals surface area (Å²) in [5.41, 5.74) is 1.63. The van der Waals surface area contributed by atoms with E-state index in [0.29, 0.717) is 23.5 Å². The smallest absolute Gasteiger partial charge is 0.0641 e. The van der Waals surface area contributed by atoms with Gasteiger partial charge in [0.1, 0.15) is 0 Å².